The van der Waals surface area contributed by atoms with E-state index < -0.39 is 10.0 Å². The molecule has 8 heteroatoms. The molecule has 0 aliphatic carbocycles. The van der Waals surface area contributed by atoms with Gasteiger partial charge in [0.15, 0.2) is 5.96 Å². The summed E-state index contributed by atoms with van der Waals surface area (Å²) in [5.41, 5.74) is 1.78. The molecule has 2 aromatic carbocycles. The van der Waals surface area contributed by atoms with Gasteiger partial charge in [0, 0.05) is 18.1 Å². The van der Waals surface area contributed by atoms with Gasteiger partial charge < -0.3 is 10.6 Å². The summed E-state index contributed by atoms with van der Waals surface area (Å²) in [6.45, 7) is 3.58. The van der Waals surface area contributed by atoms with Gasteiger partial charge in [-0.05, 0) is 43.3 Å². The Morgan fingerprint density at radius 2 is 1.88 bits per heavy atom. The highest BCUT2D eigenvalue weighted by Gasteiger charge is 2.11. The van der Waals surface area contributed by atoms with Crippen LogP contribution in [0.2, 0.25) is 5.02 Å². The van der Waals surface area contributed by atoms with Crippen molar-refractivity contribution in [3.05, 3.63) is 64.7 Å². The number of hydrogen-bond donors (Lipinski definition) is 3. The molecule has 0 unspecified atom stereocenters. The van der Waals surface area contributed by atoms with Gasteiger partial charge in [0.2, 0.25) is 10.0 Å². The number of nitrogens with zero attached hydrogens (tertiary/aromatic N) is 1. The Labute approximate surface area is 159 Å². The van der Waals surface area contributed by atoms with Crippen LogP contribution in [0.5, 0.6) is 0 Å². The first-order chi connectivity index (χ1) is 12.5. The molecule has 2 rings (SSSR count). The number of hydrogen-bond acceptors (Lipinski definition) is 3. The zero-order chi connectivity index (χ0) is 19.0. The Hall–Kier alpha value is -2.09. The SMILES string of the molecule is CCNC(=NCc1cccc(S(=O)(=O)NC)c1)NCc1ccccc1Cl. The van der Waals surface area contributed by atoms with Crippen LogP contribution in [0.15, 0.2) is 58.4 Å². The van der Waals surface area contributed by atoms with Crippen LogP contribution in [0.1, 0.15) is 18.1 Å². The van der Waals surface area contributed by atoms with Crippen molar-refractivity contribution in [1.29, 1.82) is 0 Å². The van der Waals surface area contributed by atoms with E-state index in [0.717, 1.165) is 11.1 Å². The Morgan fingerprint density at radius 1 is 1.12 bits per heavy atom. The third kappa shape index (κ3) is 5.72. The number of benzene rings is 2. The highest BCUT2D eigenvalue weighted by atomic mass is 35.5. The summed E-state index contributed by atoms with van der Waals surface area (Å²) < 4.78 is 26.1. The third-order valence-corrected chi connectivity index (χ3v) is 5.43. The highest BCUT2D eigenvalue weighted by Crippen LogP contribution is 2.14. The van der Waals surface area contributed by atoms with E-state index in [1.807, 2.05) is 37.3 Å². The van der Waals surface area contributed by atoms with Gasteiger partial charge in [0.25, 0.3) is 0 Å². The number of nitrogens with one attached hydrogen (secondary N) is 3. The smallest absolute Gasteiger partial charge is 0.240 e. The number of halogens is 1. The van der Waals surface area contributed by atoms with E-state index in [0.29, 0.717) is 30.6 Å². The number of guanidine groups is 1. The number of sulfonamides is 1. The summed E-state index contributed by atoms with van der Waals surface area (Å²) in [7, 11) is -2.07. The molecule has 0 saturated carbocycles. The predicted octanol–water partition coefficient (Wildman–Crippen LogP) is 2.50. The largest absolute Gasteiger partial charge is 0.357 e. The first-order valence-corrected chi connectivity index (χ1v) is 10.1. The lowest BCUT2D eigenvalue weighted by molar-refractivity contribution is 0.588. The standard InChI is InChI=1S/C18H23ClN4O2S/c1-3-21-18(23-13-15-8-4-5-10-17(15)19)22-12-14-7-6-9-16(11-14)26(24,25)20-2/h4-11,20H,3,12-13H2,1-2H3,(H2,21,22,23). The minimum atomic E-state index is -3.46. The van der Waals surface area contributed by atoms with E-state index in [9.17, 15) is 8.42 Å². The molecule has 140 valence electrons. The molecule has 0 radical (unpaired) electrons. The molecule has 0 bridgehead atoms. The van der Waals surface area contributed by atoms with E-state index in [4.69, 9.17) is 11.6 Å². The fourth-order valence-corrected chi connectivity index (χ4v) is 3.26. The second kappa shape index (κ2) is 9.56. The summed E-state index contributed by atoms with van der Waals surface area (Å²) >= 11 is 6.17. The van der Waals surface area contributed by atoms with Crippen molar-refractivity contribution in [3.8, 4) is 0 Å². The van der Waals surface area contributed by atoms with Gasteiger partial charge in [-0.3, -0.25) is 0 Å². The first-order valence-electron chi connectivity index (χ1n) is 8.24. The molecule has 0 aromatic heterocycles. The molecule has 2 aromatic rings. The maximum Gasteiger partial charge on any atom is 0.240 e. The monoisotopic (exact) mass is 394 g/mol. The fraction of sp³-hybridized carbons (Fsp3) is 0.278. The van der Waals surface area contributed by atoms with Crippen molar-refractivity contribution >= 4 is 27.6 Å². The lowest BCUT2D eigenvalue weighted by Gasteiger charge is -2.12. The second-order valence-corrected chi connectivity index (χ2v) is 7.79. The van der Waals surface area contributed by atoms with Gasteiger partial charge in [0.05, 0.1) is 11.4 Å². The third-order valence-electron chi connectivity index (χ3n) is 3.65. The topological polar surface area (TPSA) is 82.6 Å². The van der Waals surface area contributed by atoms with Crippen LogP contribution >= 0.6 is 11.6 Å². The molecule has 0 aliphatic heterocycles. The van der Waals surface area contributed by atoms with Crippen molar-refractivity contribution in [2.24, 2.45) is 4.99 Å². The molecule has 0 saturated heterocycles. The van der Waals surface area contributed by atoms with Gasteiger partial charge in [-0.25, -0.2) is 18.1 Å². The van der Waals surface area contributed by atoms with Crippen molar-refractivity contribution < 1.29 is 8.42 Å². The van der Waals surface area contributed by atoms with E-state index in [1.54, 1.807) is 18.2 Å². The zero-order valence-electron chi connectivity index (χ0n) is 14.8. The summed E-state index contributed by atoms with van der Waals surface area (Å²) in [6, 6.07) is 14.3. The molecule has 3 N–H and O–H groups in total. The van der Waals surface area contributed by atoms with Crippen LogP contribution in [0, 0.1) is 0 Å². The van der Waals surface area contributed by atoms with Crippen molar-refractivity contribution in [3.63, 3.8) is 0 Å². The van der Waals surface area contributed by atoms with Gasteiger partial charge in [-0.2, -0.15) is 0 Å². The lowest BCUT2D eigenvalue weighted by Crippen LogP contribution is -2.36. The van der Waals surface area contributed by atoms with E-state index in [-0.39, 0.29) is 4.90 Å². The van der Waals surface area contributed by atoms with Crippen LogP contribution in [-0.4, -0.2) is 28.0 Å². The number of rotatable bonds is 7. The Morgan fingerprint density at radius 3 is 2.58 bits per heavy atom. The van der Waals surface area contributed by atoms with E-state index >= 15 is 0 Å². The highest BCUT2D eigenvalue weighted by molar-refractivity contribution is 7.89. The van der Waals surface area contributed by atoms with Crippen molar-refractivity contribution in [2.75, 3.05) is 13.6 Å². The average Bonchev–Trinajstić information content (AvgIpc) is 2.65. The Kier molecular flexibility index (Phi) is 7.44. The lowest BCUT2D eigenvalue weighted by atomic mass is 10.2. The Bertz CT molecular complexity index is 869. The van der Waals surface area contributed by atoms with Gasteiger partial charge >= 0.3 is 0 Å². The van der Waals surface area contributed by atoms with Crippen LogP contribution in [0.25, 0.3) is 0 Å². The summed E-state index contributed by atoms with van der Waals surface area (Å²) in [4.78, 5) is 4.74. The van der Waals surface area contributed by atoms with Crippen LogP contribution in [-0.2, 0) is 23.1 Å². The van der Waals surface area contributed by atoms with Crippen molar-refractivity contribution in [1.82, 2.24) is 15.4 Å². The molecule has 6 nitrogen and oxygen atoms in total. The van der Waals surface area contributed by atoms with Crippen molar-refractivity contribution in [2.45, 2.75) is 24.9 Å². The van der Waals surface area contributed by atoms with Crippen LogP contribution < -0.4 is 15.4 Å². The molecule has 0 heterocycles. The van der Waals surface area contributed by atoms with Crippen LogP contribution in [0.4, 0.5) is 0 Å². The summed E-state index contributed by atoms with van der Waals surface area (Å²) in [5.74, 6) is 0.634. The molecule has 0 aliphatic rings. The maximum atomic E-state index is 11.9. The molecular weight excluding hydrogens is 372 g/mol. The molecular formula is C18H23ClN4O2S. The number of aliphatic imine (C=N–C) groups is 1. The molecule has 0 spiro atoms. The fourth-order valence-electron chi connectivity index (χ4n) is 2.26. The van der Waals surface area contributed by atoms with Crippen LogP contribution in [0.3, 0.4) is 0 Å². The summed E-state index contributed by atoms with van der Waals surface area (Å²) in [5, 5.41) is 7.09. The summed E-state index contributed by atoms with van der Waals surface area (Å²) in [6.07, 6.45) is 0. The molecule has 0 atom stereocenters. The molecule has 26 heavy (non-hydrogen) atoms. The van der Waals surface area contributed by atoms with Gasteiger partial charge in [-0.1, -0.05) is 41.9 Å². The zero-order valence-corrected chi connectivity index (χ0v) is 16.4. The predicted molar refractivity (Wildman–Crippen MR) is 106 cm³/mol. The van der Waals surface area contributed by atoms with E-state index in [2.05, 4.69) is 20.3 Å². The van der Waals surface area contributed by atoms with E-state index in [1.165, 1.54) is 7.05 Å². The van der Waals surface area contributed by atoms with Gasteiger partial charge in [-0.15, -0.1) is 0 Å². The second-order valence-electron chi connectivity index (χ2n) is 5.50. The minimum Gasteiger partial charge on any atom is -0.357 e. The maximum absolute atomic E-state index is 11.9. The molecule has 0 amide bonds. The quantitative estimate of drug-likeness (QED) is 0.497. The average molecular weight is 395 g/mol. The normalized spacial score (nSPS) is 12.0. The van der Waals surface area contributed by atoms with Gasteiger partial charge in [0.1, 0.15) is 0 Å². The minimum absolute atomic E-state index is 0.224. The molecule has 0 fully saturated rings. The first kappa shape index (κ1) is 20.2. The Balaban J connectivity index is 2.09.